The van der Waals surface area contributed by atoms with E-state index < -0.39 is 6.10 Å². The van der Waals surface area contributed by atoms with Crippen molar-refractivity contribution >= 4 is 6.29 Å². The normalized spacial score (nSPS) is 12.0. The minimum atomic E-state index is -0.877. The fraction of sp³-hybridized carbons (Fsp3) is 0.174. The topological polar surface area (TPSA) is 46.5 Å². The smallest absolute Gasteiger partial charge is 0.153 e. The minimum absolute atomic E-state index is 0.275. The largest absolute Gasteiger partial charge is 0.456 e. The van der Waals surface area contributed by atoms with Crippen molar-refractivity contribution in [2.24, 2.45) is 0 Å². The maximum atomic E-state index is 11.6. The molecule has 0 aliphatic heterocycles. The summed E-state index contributed by atoms with van der Waals surface area (Å²) in [4.78, 5) is 11.6. The van der Waals surface area contributed by atoms with E-state index in [1.807, 2.05) is 54.6 Å². The molecular formula is C23H22O3. The lowest BCUT2D eigenvalue weighted by molar-refractivity contribution is 0.112. The first-order valence-electron chi connectivity index (χ1n) is 8.69. The molecule has 0 aliphatic rings. The summed E-state index contributed by atoms with van der Waals surface area (Å²) in [7, 11) is 0. The number of hydrogen-bond acceptors (Lipinski definition) is 3. The van der Waals surface area contributed by atoms with Gasteiger partial charge in [0, 0.05) is 5.56 Å². The summed E-state index contributed by atoms with van der Waals surface area (Å²) in [5.41, 5.74) is 2.78. The van der Waals surface area contributed by atoms with Gasteiger partial charge in [-0.15, -0.1) is 0 Å². The molecular weight excluding hydrogens is 324 g/mol. The third-order valence-corrected chi connectivity index (χ3v) is 4.37. The van der Waals surface area contributed by atoms with Crippen LogP contribution in [0.5, 0.6) is 11.5 Å². The highest BCUT2D eigenvalue weighted by Gasteiger charge is 2.20. The fourth-order valence-electron chi connectivity index (χ4n) is 2.97. The van der Waals surface area contributed by atoms with Crippen LogP contribution in [0.2, 0.25) is 0 Å². The third kappa shape index (κ3) is 3.68. The second-order valence-corrected chi connectivity index (χ2v) is 6.49. The van der Waals surface area contributed by atoms with Gasteiger partial charge in [0.15, 0.2) is 6.29 Å². The highest BCUT2D eigenvalue weighted by molar-refractivity contribution is 5.80. The molecule has 3 nitrogen and oxygen atoms in total. The van der Waals surface area contributed by atoms with Gasteiger partial charge in [0.25, 0.3) is 0 Å². The number of hydrogen-bond donors (Lipinski definition) is 1. The van der Waals surface area contributed by atoms with Gasteiger partial charge < -0.3 is 9.84 Å². The second kappa shape index (κ2) is 7.98. The van der Waals surface area contributed by atoms with E-state index in [0.29, 0.717) is 22.6 Å². The number of para-hydroxylation sites is 2. The Balaban J connectivity index is 2.08. The van der Waals surface area contributed by atoms with Crippen LogP contribution in [-0.2, 0) is 0 Å². The minimum Gasteiger partial charge on any atom is -0.456 e. The average molecular weight is 346 g/mol. The number of carbonyl (C=O) groups excluding carboxylic acids is 1. The van der Waals surface area contributed by atoms with E-state index in [2.05, 4.69) is 13.8 Å². The van der Waals surface area contributed by atoms with E-state index in [4.69, 9.17) is 4.74 Å². The van der Waals surface area contributed by atoms with Crippen LogP contribution >= 0.6 is 0 Å². The summed E-state index contributed by atoms with van der Waals surface area (Å²) in [6.07, 6.45) is -0.119. The third-order valence-electron chi connectivity index (χ3n) is 4.37. The van der Waals surface area contributed by atoms with Crippen molar-refractivity contribution in [1.29, 1.82) is 0 Å². The zero-order chi connectivity index (χ0) is 18.5. The summed E-state index contributed by atoms with van der Waals surface area (Å²) in [6, 6.07) is 22.3. The van der Waals surface area contributed by atoms with Crippen LogP contribution < -0.4 is 4.74 Å². The van der Waals surface area contributed by atoms with Crippen molar-refractivity contribution in [2.45, 2.75) is 25.9 Å². The van der Waals surface area contributed by atoms with Crippen LogP contribution in [0.4, 0.5) is 0 Å². The number of carbonyl (C=O) groups is 1. The maximum absolute atomic E-state index is 11.6. The number of benzene rings is 3. The number of aliphatic hydroxyl groups is 1. The summed E-state index contributed by atoms with van der Waals surface area (Å²) in [6.45, 7) is 4.18. The lowest BCUT2D eigenvalue weighted by Gasteiger charge is -2.20. The van der Waals surface area contributed by atoms with Gasteiger partial charge in [-0.3, -0.25) is 4.79 Å². The first kappa shape index (κ1) is 17.9. The standard InChI is InChI=1S/C23H22O3/c1-16(2)19-12-6-7-14-21(19)26-23-18(15-24)11-8-13-20(23)22(25)17-9-4-3-5-10-17/h3-16,22,25H,1-2H3. The van der Waals surface area contributed by atoms with Gasteiger partial charge in [-0.2, -0.15) is 0 Å². The van der Waals surface area contributed by atoms with Gasteiger partial charge in [-0.25, -0.2) is 0 Å². The van der Waals surface area contributed by atoms with Crippen molar-refractivity contribution in [3.05, 3.63) is 95.1 Å². The first-order chi connectivity index (χ1) is 12.6. The molecule has 3 heteroatoms. The zero-order valence-corrected chi connectivity index (χ0v) is 14.9. The van der Waals surface area contributed by atoms with E-state index in [1.165, 1.54) is 0 Å². The molecule has 3 aromatic rings. The van der Waals surface area contributed by atoms with Gasteiger partial charge in [0.1, 0.15) is 17.6 Å². The van der Waals surface area contributed by atoms with E-state index in [9.17, 15) is 9.90 Å². The summed E-state index contributed by atoms with van der Waals surface area (Å²) < 4.78 is 6.18. The van der Waals surface area contributed by atoms with Crippen molar-refractivity contribution in [1.82, 2.24) is 0 Å². The first-order valence-corrected chi connectivity index (χ1v) is 8.69. The van der Waals surface area contributed by atoms with Crippen LogP contribution in [0.1, 0.15) is 52.9 Å². The predicted molar refractivity (Wildman–Crippen MR) is 103 cm³/mol. The Hall–Kier alpha value is -2.91. The Morgan fingerprint density at radius 2 is 1.50 bits per heavy atom. The van der Waals surface area contributed by atoms with Gasteiger partial charge in [-0.1, -0.05) is 74.5 Å². The van der Waals surface area contributed by atoms with Crippen LogP contribution in [-0.4, -0.2) is 11.4 Å². The second-order valence-electron chi connectivity index (χ2n) is 6.49. The highest BCUT2D eigenvalue weighted by Crippen LogP contribution is 2.37. The van der Waals surface area contributed by atoms with Crippen LogP contribution in [0.3, 0.4) is 0 Å². The number of aliphatic hydroxyl groups excluding tert-OH is 1. The molecule has 1 N–H and O–H groups in total. The summed E-state index contributed by atoms with van der Waals surface area (Å²) in [5, 5.41) is 10.9. The van der Waals surface area contributed by atoms with Crippen LogP contribution in [0, 0.1) is 0 Å². The quantitative estimate of drug-likeness (QED) is 0.600. The van der Waals surface area contributed by atoms with Gasteiger partial charge in [-0.05, 0) is 29.2 Å². The number of ether oxygens (including phenoxy) is 1. The maximum Gasteiger partial charge on any atom is 0.153 e. The lowest BCUT2D eigenvalue weighted by Crippen LogP contribution is -2.05. The summed E-state index contributed by atoms with van der Waals surface area (Å²) >= 11 is 0. The van der Waals surface area contributed by atoms with Crippen molar-refractivity contribution in [3.63, 3.8) is 0 Å². The van der Waals surface area contributed by atoms with Crippen molar-refractivity contribution in [2.75, 3.05) is 0 Å². The van der Waals surface area contributed by atoms with Crippen molar-refractivity contribution in [3.8, 4) is 11.5 Å². The Morgan fingerprint density at radius 1 is 0.846 bits per heavy atom. The molecule has 0 fully saturated rings. The van der Waals surface area contributed by atoms with Crippen LogP contribution in [0.25, 0.3) is 0 Å². The lowest BCUT2D eigenvalue weighted by atomic mass is 9.98. The van der Waals surface area contributed by atoms with Gasteiger partial charge in [0.05, 0.1) is 5.56 Å². The molecule has 0 saturated carbocycles. The molecule has 3 aromatic carbocycles. The predicted octanol–water partition coefficient (Wildman–Crippen LogP) is 5.50. The van der Waals surface area contributed by atoms with Gasteiger partial charge in [0.2, 0.25) is 0 Å². The Morgan fingerprint density at radius 3 is 2.19 bits per heavy atom. The molecule has 1 unspecified atom stereocenters. The van der Waals surface area contributed by atoms with E-state index in [1.54, 1.807) is 18.2 Å². The monoisotopic (exact) mass is 346 g/mol. The molecule has 0 bridgehead atoms. The summed E-state index contributed by atoms with van der Waals surface area (Å²) in [5.74, 6) is 1.36. The highest BCUT2D eigenvalue weighted by atomic mass is 16.5. The molecule has 3 rings (SSSR count). The average Bonchev–Trinajstić information content (AvgIpc) is 2.68. The Kier molecular flexibility index (Phi) is 5.49. The zero-order valence-electron chi connectivity index (χ0n) is 14.9. The fourth-order valence-corrected chi connectivity index (χ4v) is 2.97. The SMILES string of the molecule is CC(C)c1ccccc1Oc1c(C=O)cccc1C(O)c1ccccc1. The molecule has 0 aromatic heterocycles. The number of aldehydes is 1. The molecule has 1 atom stereocenters. The van der Waals surface area contributed by atoms with Gasteiger partial charge >= 0.3 is 0 Å². The Bertz CT molecular complexity index is 885. The molecule has 0 saturated heterocycles. The van der Waals surface area contributed by atoms with Crippen LogP contribution in [0.15, 0.2) is 72.8 Å². The molecule has 0 amide bonds. The molecule has 26 heavy (non-hydrogen) atoms. The molecule has 0 radical (unpaired) electrons. The van der Waals surface area contributed by atoms with Crippen molar-refractivity contribution < 1.29 is 14.6 Å². The number of rotatable bonds is 6. The Labute approximate surface area is 153 Å². The molecule has 0 aliphatic carbocycles. The molecule has 132 valence electrons. The van der Waals surface area contributed by atoms with E-state index in [0.717, 1.165) is 17.4 Å². The van der Waals surface area contributed by atoms with E-state index in [-0.39, 0.29) is 5.92 Å². The molecule has 0 heterocycles. The molecule has 0 spiro atoms. The van der Waals surface area contributed by atoms with E-state index >= 15 is 0 Å².